The minimum atomic E-state index is -0.176. The van der Waals surface area contributed by atoms with Crippen LogP contribution in [0.25, 0.3) is 0 Å². The maximum atomic E-state index is 12.2. The summed E-state index contributed by atoms with van der Waals surface area (Å²) in [6.45, 7) is 7.63. The summed E-state index contributed by atoms with van der Waals surface area (Å²) in [6, 6.07) is 0.409. The molecule has 3 rings (SSSR count). The van der Waals surface area contributed by atoms with E-state index in [1.54, 1.807) is 11.3 Å². The lowest BCUT2D eigenvalue weighted by Crippen LogP contribution is -2.34. The van der Waals surface area contributed by atoms with Crippen molar-refractivity contribution in [2.45, 2.75) is 57.9 Å². The molecule has 1 aliphatic heterocycles. The van der Waals surface area contributed by atoms with Crippen molar-refractivity contribution in [3.8, 4) is 0 Å². The molecular weight excluding hydrogens is 310 g/mol. The molecule has 6 heteroatoms. The lowest BCUT2D eigenvalue weighted by atomic mass is 9.93. The Morgan fingerprint density at radius 1 is 1.43 bits per heavy atom. The monoisotopic (exact) mass is 335 g/mol. The zero-order valence-electron chi connectivity index (χ0n) is 14.1. The third-order valence-corrected chi connectivity index (χ3v) is 5.38. The summed E-state index contributed by atoms with van der Waals surface area (Å²) in [5.41, 5.74) is 1.17. The van der Waals surface area contributed by atoms with Gasteiger partial charge in [-0.1, -0.05) is 20.8 Å². The summed E-state index contributed by atoms with van der Waals surface area (Å²) in [5, 5.41) is 6.12. The minimum absolute atomic E-state index is 0.00843. The molecule has 2 heterocycles. The van der Waals surface area contributed by atoms with Gasteiger partial charge in [-0.15, -0.1) is 11.3 Å². The number of nitrogens with one attached hydrogen (secondary N) is 1. The number of rotatable bonds is 5. The molecule has 1 aliphatic carbocycles. The number of amides is 2. The van der Waals surface area contributed by atoms with E-state index in [4.69, 9.17) is 0 Å². The predicted molar refractivity (Wildman–Crippen MR) is 90.4 cm³/mol. The highest BCUT2D eigenvalue weighted by molar-refractivity contribution is 7.09. The first-order valence-corrected chi connectivity index (χ1v) is 9.24. The van der Waals surface area contributed by atoms with Crippen molar-refractivity contribution in [3.05, 3.63) is 16.1 Å². The molecule has 1 atom stereocenters. The van der Waals surface area contributed by atoms with Gasteiger partial charge >= 0.3 is 0 Å². The number of thiazole rings is 1. The number of carbonyl (C=O) groups excluding carboxylic acids is 2. The van der Waals surface area contributed by atoms with Gasteiger partial charge in [0.1, 0.15) is 0 Å². The molecule has 5 nitrogen and oxygen atoms in total. The average molecular weight is 335 g/mol. The fourth-order valence-electron chi connectivity index (χ4n) is 2.85. The lowest BCUT2D eigenvalue weighted by molar-refractivity contribution is -0.129. The van der Waals surface area contributed by atoms with E-state index in [0.717, 1.165) is 30.0 Å². The number of aromatic nitrogens is 1. The van der Waals surface area contributed by atoms with Crippen LogP contribution in [0.15, 0.2) is 5.38 Å². The fourth-order valence-corrected chi connectivity index (χ4v) is 3.88. The molecule has 0 aromatic carbocycles. The van der Waals surface area contributed by atoms with E-state index in [2.05, 4.69) is 36.5 Å². The van der Waals surface area contributed by atoms with Gasteiger partial charge in [-0.25, -0.2) is 4.98 Å². The average Bonchev–Trinajstić information content (AvgIpc) is 3.05. The predicted octanol–water partition coefficient (Wildman–Crippen LogP) is 2.11. The standard InChI is InChI=1S/C17H25N3O2S/c1-17(2,3)13-10-23-14(19-13)6-7-18-16(22)11-8-15(21)20(9-11)12-4-5-12/h10-12H,4-9H2,1-3H3,(H,18,22)/t11-/m0/s1. The second-order valence-electron chi connectivity index (χ2n) is 7.60. The Labute approximate surface area is 141 Å². The van der Waals surface area contributed by atoms with Crippen LogP contribution in [-0.2, 0) is 21.4 Å². The highest BCUT2D eigenvalue weighted by atomic mass is 32.1. The van der Waals surface area contributed by atoms with Gasteiger partial charge in [-0.05, 0) is 12.8 Å². The number of carbonyl (C=O) groups is 2. The van der Waals surface area contributed by atoms with Crippen LogP contribution in [0, 0.1) is 5.92 Å². The summed E-state index contributed by atoms with van der Waals surface area (Å²) in [4.78, 5) is 30.7. The van der Waals surface area contributed by atoms with Gasteiger partial charge in [0, 0.05) is 42.8 Å². The van der Waals surface area contributed by atoms with Crippen LogP contribution in [0.4, 0.5) is 0 Å². The van der Waals surface area contributed by atoms with E-state index >= 15 is 0 Å². The third-order valence-electron chi connectivity index (χ3n) is 4.48. The van der Waals surface area contributed by atoms with Gasteiger partial charge in [0.15, 0.2) is 0 Å². The summed E-state index contributed by atoms with van der Waals surface area (Å²) in [7, 11) is 0. The van der Waals surface area contributed by atoms with Gasteiger partial charge in [0.05, 0.1) is 16.6 Å². The summed E-state index contributed by atoms with van der Waals surface area (Å²) in [5.74, 6) is -0.0268. The van der Waals surface area contributed by atoms with Crippen molar-refractivity contribution < 1.29 is 9.59 Å². The normalized spacial score (nSPS) is 21.8. The van der Waals surface area contributed by atoms with E-state index in [0.29, 0.717) is 25.6 Å². The van der Waals surface area contributed by atoms with Gasteiger partial charge < -0.3 is 10.2 Å². The Hall–Kier alpha value is -1.43. The fraction of sp³-hybridized carbons (Fsp3) is 0.706. The molecule has 2 fully saturated rings. The molecule has 0 spiro atoms. The number of likely N-dealkylation sites (tertiary alicyclic amines) is 1. The van der Waals surface area contributed by atoms with Crippen molar-refractivity contribution in [1.82, 2.24) is 15.2 Å². The quantitative estimate of drug-likeness (QED) is 0.896. The van der Waals surface area contributed by atoms with E-state index in [1.165, 1.54) is 0 Å². The Balaban J connectivity index is 1.44. The van der Waals surface area contributed by atoms with Gasteiger partial charge in [0.25, 0.3) is 0 Å². The highest BCUT2D eigenvalue weighted by Gasteiger charge is 2.41. The molecule has 23 heavy (non-hydrogen) atoms. The van der Waals surface area contributed by atoms with Crippen molar-refractivity contribution in [1.29, 1.82) is 0 Å². The first-order valence-electron chi connectivity index (χ1n) is 8.36. The largest absolute Gasteiger partial charge is 0.355 e. The van der Waals surface area contributed by atoms with Gasteiger partial charge in [-0.2, -0.15) is 0 Å². The summed E-state index contributed by atoms with van der Waals surface area (Å²) < 4.78 is 0. The molecule has 1 saturated carbocycles. The molecule has 1 aromatic heterocycles. The van der Waals surface area contributed by atoms with E-state index in [-0.39, 0.29) is 23.1 Å². The molecule has 2 aliphatic rings. The smallest absolute Gasteiger partial charge is 0.225 e. The first kappa shape index (κ1) is 16.4. The second-order valence-corrected chi connectivity index (χ2v) is 8.54. The van der Waals surface area contributed by atoms with Crippen LogP contribution in [0.1, 0.15) is 50.7 Å². The Bertz CT molecular complexity index is 601. The Morgan fingerprint density at radius 3 is 2.78 bits per heavy atom. The number of hydrogen-bond donors (Lipinski definition) is 1. The van der Waals surface area contributed by atoms with Crippen molar-refractivity contribution in [3.63, 3.8) is 0 Å². The van der Waals surface area contributed by atoms with E-state index in [1.807, 2.05) is 4.90 Å². The first-order chi connectivity index (χ1) is 10.8. The molecule has 2 amide bonds. The van der Waals surface area contributed by atoms with Crippen LogP contribution in [-0.4, -0.2) is 40.8 Å². The van der Waals surface area contributed by atoms with Gasteiger partial charge in [-0.3, -0.25) is 9.59 Å². The van der Waals surface area contributed by atoms with Crippen LogP contribution in [0.2, 0.25) is 0 Å². The van der Waals surface area contributed by atoms with Crippen LogP contribution in [0.5, 0.6) is 0 Å². The molecule has 126 valence electrons. The second kappa shape index (κ2) is 6.23. The molecule has 1 saturated heterocycles. The Kier molecular flexibility index (Phi) is 4.45. The molecule has 1 N–H and O–H groups in total. The van der Waals surface area contributed by atoms with Crippen LogP contribution < -0.4 is 5.32 Å². The minimum Gasteiger partial charge on any atom is -0.355 e. The Morgan fingerprint density at radius 2 is 2.17 bits per heavy atom. The highest BCUT2D eigenvalue weighted by Crippen LogP contribution is 2.32. The molecule has 0 radical (unpaired) electrons. The van der Waals surface area contributed by atoms with Crippen LogP contribution >= 0.6 is 11.3 Å². The van der Waals surface area contributed by atoms with Crippen LogP contribution in [0.3, 0.4) is 0 Å². The lowest BCUT2D eigenvalue weighted by Gasteiger charge is -2.15. The molecule has 1 aromatic rings. The zero-order valence-corrected chi connectivity index (χ0v) is 14.9. The molecule has 0 bridgehead atoms. The van der Waals surface area contributed by atoms with Crippen molar-refractivity contribution >= 4 is 23.2 Å². The van der Waals surface area contributed by atoms with E-state index < -0.39 is 0 Å². The topological polar surface area (TPSA) is 62.3 Å². The van der Waals surface area contributed by atoms with Crippen molar-refractivity contribution in [2.75, 3.05) is 13.1 Å². The maximum Gasteiger partial charge on any atom is 0.225 e. The SMILES string of the molecule is CC(C)(C)c1csc(CCNC(=O)[C@H]2CC(=O)N(C3CC3)C2)n1. The third kappa shape index (κ3) is 3.91. The number of nitrogens with zero attached hydrogens (tertiary/aromatic N) is 2. The molecular formula is C17H25N3O2S. The summed E-state index contributed by atoms with van der Waals surface area (Å²) >= 11 is 1.65. The summed E-state index contributed by atoms with van der Waals surface area (Å²) in [6.07, 6.45) is 3.31. The zero-order chi connectivity index (χ0) is 16.6. The van der Waals surface area contributed by atoms with E-state index in [9.17, 15) is 9.59 Å². The van der Waals surface area contributed by atoms with Gasteiger partial charge in [0.2, 0.25) is 11.8 Å². The maximum absolute atomic E-state index is 12.2. The van der Waals surface area contributed by atoms with Crippen molar-refractivity contribution in [2.24, 2.45) is 5.92 Å². The molecule has 0 unspecified atom stereocenters. The number of hydrogen-bond acceptors (Lipinski definition) is 4.